The first-order chi connectivity index (χ1) is 13.3. The van der Waals surface area contributed by atoms with Gasteiger partial charge >= 0.3 is 0 Å². The summed E-state index contributed by atoms with van der Waals surface area (Å²) in [6.45, 7) is 4.67. The molecule has 0 saturated carbocycles. The van der Waals surface area contributed by atoms with Gasteiger partial charge in [-0.15, -0.1) is 0 Å². The monoisotopic (exact) mass is 402 g/mol. The molecule has 0 aliphatic carbocycles. The van der Waals surface area contributed by atoms with Gasteiger partial charge in [-0.05, 0) is 57.0 Å². The number of hydrogen-bond donors (Lipinski definition) is 1. The van der Waals surface area contributed by atoms with E-state index in [1.54, 1.807) is 24.3 Å². The molecule has 3 rings (SSSR count). The van der Waals surface area contributed by atoms with Crippen molar-refractivity contribution in [1.29, 1.82) is 0 Å². The average Bonchev–Trinajstić information content (AvgIpc) is 2.67. The number of anilines is 1. The number of hydrogen-bond acceptors (Lipinski definition) is 4. The third kappa shape index (κ3) is 5.04. The molecule has 28 heavy (non-hydrogen) atoms. The maximum Gasteiger partial charge on any atom is 0.251 e. The number of rotatable bonds is 6. The topological polar surface area (TPSA) is 75.7 Å². The van der Waals surface area contributed by atoms with Crippen molar-refractivity contribution in [1.82, 2.24) is 5.32 Å². The molecule has 1 amide bonds. The fourth-order valence-corrected chi connectivity index (χ4v) is 4.72. The Labute approximate surface area is 166 Å². The summed E-state index contributed by atoms with van der Waals surface area (Å²) in [5, 5.41) is 2.90. The number of amides is 1. The third-order valence-electron chi connectivity index (χ3n) is 4.64. The number of carbonyl (C=O) groups is 1. The second kappa shape index (κ2) is 8.65. The second-order valence-corrected chi connectivity index (χ2v) is 9.16. The Bertz CT molecular complexity index is 926. The van der Waals surface area contributed by atoms with Gasteiger partial charge in [-0.3, -0.25) is 9.10 Å². The number of sulfonamides is 1. The summed E-state index contributed by atoms with van der Waals surface area (Å²) in [6, 6.07) is 14.3. The van der Waals surface area contributed by atoms with Gasteiger partial charge in [-0.2, -0.15) is 0 Å². The predicted octanol–water partition coefficient (Wildman–Crippen LogP) is 3.12. The highest BCUT2D eigenvalue weighted by Gasteiger charge is 2.26. The van der Waals surface area contributed by atoms with Gasteiger partial charge in [0.1, 0.15) is 12.4 Å². The highest BCUT2D eigenvalue weighted by atomic mass is 32.2. The molecule has 1 aliphatic heterocycles. The maximum absolute atomic E-state index is 12.6. The molecule has 1 aliphatic rings. The Morgan fingerprint density at radius 3 is 2.64 bits per heavy atom. The number of benzene rings is 2. The van der Waals surface area contributed by atoms with Crippen molar-refractivity contribution in [3.8, 4) is 5.75 Å². The first-order valence-corrected chi connectivity index (χ1v) is 11.1. The van der Waals surface area contributed by atoms with Crippen molar-refractivity contribution < 1.29 is 17.9 Å². The van der Waals surface area contributed by atoms with Gasteiger partial charge in [0.2, 0.25) is 10.0 Å². The van der Waals surface area contributed by atoms with E-state index in [2.05, 4.69) is 5.32 Å². The van der Waals surface area contributed by atoms with Gasteiger partial charge in [0.15, 0.2) is 0 Å². The van der Waals surface area contributed by atoms with Gasteiger partial charge in [-0.1, -0.05) is 23.8 Å². The van der Waals surface area contributed by atoms with E-state index in [0.717, 1.165) is 17.7 Å². The zero-order chi connectivity index (χ0) is 20.1. The van der Waals surface area contributed by atoms with E-state index in [4.69, 9.17) is 4.74 Å². The van der Waals surface area contributed by atoms with Crippen molar-refractivity contribution in [2.75, 3.05) is 23.2 Å². The van der Waals surface area contributed by atoms with Crippen LogP contribution in [0.5, 0.6) is 5.75 Å². The molecule has 6 nitrogen and oxygen atoms in total. The molecule has 7 heteroatoms. The minimum absolute atomic E-state index is 0.150. The van der Waals surface area contributed by atoms with Crippen molar-refractivity contribution in [3.05, 3.63) is 59.7 Å². The SMILES string of the molecule is Cc1ccc(OC[C@@H](C)NC(=O)c2cccc(N3CCCCS3(=O)=O)c2)cc1. The van der Waals surface area contributed by atoms with Crippen molar-refractivity contribution >= 4 is 21.6 Å². The van der Waals surface area contributed by atoms with Crippen LogP contribution in [0.1, 0.15) is 35.7 Å². The Morgan fingerprint density at radius 2 is 1.93 bits per heavy atom. The van der Waals surface area contributed by atoms with E-state index < -0.39 is 10.0 Å². The summed E-state index contributed by atoms with van der Waals surface area (Å²) in [4.78, 5) is 12.6. The summed E-state index contributed by atoms with van der Waals surface area (Å²) < 4.78 is 31.7. The van der Waals surface area contributed by atoms with Gasteiger partial charge < -0.3 is 10.1 Å². The Hall–Kier alpha value is -2.54. The number of nitrogens with one attached hydrogen (secondary N) is 1. The smallest absolute Gasteiger partial charge is 0.251 e. The minimum Gasteiger partial charge on any atom is -0.491 e. The first kappa shape index (κ1) is 20.2. The van der Waals surface area contributed by atoms with Crippen molar-refractivity contribution in [3.63, 3.8) is 0 Å². The average molecular weight is 403 g/mol. The van der Waals surface area contributed by atoms with Crippen LogP contribution in [0.2, 0.25) is 0 Å². The van der Waals surface area contributed by atoms with Crippen LogP contribution in [0.4, 0.5) is 5.69 Å². The van der Waals surface area contributed by atoms with Crippen LogP contribution < -0.4 is 14.4 Å². The van der Waals surface area contributed by atoms with Crippen LogP contribution in [0, 0.1) is 6.92 Å². The van der Waals surface area contributed by atoms with Gasteiger partial charge in [0.25, 0.3) is 5.91 Å². The Morgan fingerprint density at radius 1 is 1.18 bits per heavy atom. The molecule has 150 valence electrons. The molecule has 2 aromatic carbocycles. The van der Waals surface area contributed by atoms with Gasteiger partial charge in [0, 0.05) is 12.1 Å². The van der Waals surface area contributed by atoms with Crippen LogP contribution in [0.15, 0.2) is 48.5 Å². The molecule has 0 aromatic heterocycles. The highest BCUT2D eigenvalue weighted by molar-refractivity contribution is 7.92. The number of aryl methyl sites for hydroxylation is 1. The number of carbonyl (C=O) groups excluding carboxylic acids is 1. The fourth-order valence-electron chi connectivity index (χ4n) is 3.09. The molecule has 0 radical (unpaired) electrons. The highest BCUT2D eigenvalue weighted by Crippen LogP contribution is 2.24. The summed E-state index contributed by atoms with van der Waals surface area (Å²) in [5.41, 5.74) is 2.13. The molecular weight excluding hydrogens is 376 g/mol. The summed E-state index contributed by atoms with van der Waals surface area (Å²) in [6.07, 6.45) is 1.50. The van der Waals surface area contributed by atoms with Crippen LogP contribution in [0.3, 0.4) is 0 Å². The fraction of sp³-hybridized carbons (Fsp3) is 0.381. The molecule has 1 atom stereocenters. The molecule has 0 spiro atoms. The van der Waals surface area contributed by atoms with Gasteiger partial charge in [-0.25, -0.2) is 8.42 Å². The molecule has 1 fully saturated rings. The molecule has 1 heterocycles. The molecule has 0 bridgehead atoms. The van der Waals surface area contributed by atoms with Gasteiger partial charge in [0.05, 0.1) is 17.5 Å². The molecular formula is C21H26N2O4S. The zero-order valence-electron chi connectivity index (χ0n) is 16.2. The summed E-state index contributed by atoms with van der Waals surface area (Å²) in [5.74, 6) is 0.650. The van der Waals surface area contributed by atoms with Crippen molar-refractivity contribution in [2.45, 2.75) is 32.7 Å². The summed E-state index contributed by atoms with van der Waals surface area (Å²) >= 11 is 0. The molecule has 1 saturated heterocycles. The van der Waals surface area contributed by atoms with E-state index in [0.29, 0.717) is 30.8 Å². The van der Waals surface area contributed by atoms with E-state index in [1.807, 2.05) is 38.1 Å². The predicted molar refractivity (Wildman–Crippen MR) is 110 cm³/mol. The Kier molecular flexibility index (Phi) is 6.24. The quantitative estimate of drug-likeness (QED) is 0.806. The van der Waals surface area contributed by atoms with Crippen LogP contribution in [0.25, 0.3) is 0 Å². The third-order valence-corrected chi connectivity index (χ3v) is 6.51. The lowest BCUT2D eigenvalue weighted by molar-refractivity contribution is 0.0926. The lowest BCUT2D eigenvalue weighted by atomic mass is 10.1. The molecule has 2 aromatic rings. The lowest BCUT2D eigenvalue weighted by Gasteiger charge is -2.28. The number of nitrogens with zero attached hydrogens (tertiary/aromatic N) is 1. The first-order valence-electron chi connectivity index (χ1n) is 9.46. The minimum atomic E-state index is -3.30. The standard InChI is InChI=1S/C21H26N2O4S/c1-16-8-10-20(11-9-16)27-15-17(2)22-21(24)18-6-5-7-19(14-18)23-12-3-4-13-28(23,25)26/h5-11,14,17H,3-4,12-13,15H2,1-2H3,(H,22,24)/t17-/m1/s1. The van der Waals surface area contributed by atoms with Crippen LogP contribution >= 0.6 is 0 Å². The van der Waals surface area contributed by atoms with E-state index >= 15 is 0 Å². The molecule has 0 unspecified atom stereocenters. The van der Waals surface area contributed by atoms with Crippen LogP contribution in [-0.2, 0) is 10.0 Å². The number of ether oxygens (including phenoxy) is 1. The zero-order valence-corrected chi connectivity index (χ0v) is 17.0. The van der Waals surface area contributed by atoms with E-state index in [9.17, 15) is 13.2 Å². The van der Waals surface area contributed by atoms with Crippen LogP contribution in [-0.4, -0.2) is 39.3 Å². The summed E-state index contributed by atoms with van der Waals surface area (Å²) in [7, 11) is -3.30. The Balaban J connectivity index is 1.61. The largest absolute Gasteiger partial charge is 0.491 e. The second-order valence-electron chi connectivity index (χ2n) is 7.14. The van der Waals surface area contributed by atoms with Crippen molar-refractivity contribution in [2.24, 2.45) is 0 Å². The lowest BCUT2D eigenvalue weighted by Crippen LogP contribution is -2.38. The molecule has 1 N–H and O–H groups in total. The normalized spacial score (nSPS) is 17.0. The van der Waals surface area contributed by atoms with E-state index in [-0.39, 0.29) is 17.7 Å². The van der Waals surface area contributed by atoms with E-state index in [1.165, 1.54) is 4.31 Å². The maximum atomic E-state index is 12.6.